The van der Waals surface area contributed by atoms with Crippen LogP contribution in [0.4, 0.5) is 4.79 Å². The number of hydrogen-bond acceptors (Lipinski definition) is 6. The first kappa shape index (κ1) is 26.6. The number of carbonyl (C=O) groups excluding carboxylic acids is 2. The molecule has 4 rings (SSSR count). The Hall–Kier alpha value is -2.48. The molecule has 1 saturated carbocycles. The minimum Gasteiger partial charge on any atom is -0.448 e. The van der Waals surface area contributed by atoms with E-state index in [2.05, 4.69) is 31.4 Å². The average Bonchev–Trinajstić information content (AvgIpc) is 3.12. The molecule has 1 aromatic carbocycles. The molecule has 8 nitrogen and oxygen atoms in total. The van der Waals surface area contributed by atoms with E-state index in [0.29, 0.717) is 6.42 Å². The number of benzene rings is 1. The normalized spacial score (nSPS) is 24.7. The molecule has 200 valence electrons. The smallest absolute Gasteiger partial charge is 0.407 e. The second-order valence-corrected chi connectivity index (χ2v) is 12.5. The van der Waals surface area contributed by atoms with Crippen LogP contribution in [-0.2, 0) is 26.3 Å². The van der Waals surface area contributed by atoms with E-state index in [1.807, 2.05) is 32.9 Å². The maximum Gasteiger partial charge on any atom is 0.407 e. The second-order valence-electron chi connectivity index (χ2n) is 12.5. The molecular weight excluding hydrogens is 460 g/mol. The molecule has 1 aliphatic carbocycles. The molecule has 1 fully saturated rings. The van der Waals surface area contributed by atoms with Crippen LogP contribution < -0.4 is 20.1 Å². The summed E-state index contributed by atoms with van der Waals surface area (Å²) in [4.78, 5) is 24.7. The Labute approximate surface area is 214 Å². The van der Waals surface area contributed by atoms with Gasteiger partial charge in [0, 0.05) is 31.7 Å². The van der Waals surface area contributed by atoms with Crippen molar-refractivity contribution in [2.24, 2.45) is 5.41 Å². The molecule has 2 heterocycles. The zero-order valence-electron chi connectivity index (χ0n) is 22.8. The molecule has 2 amide bonds. The van der Waals surface area contributed by atoms with Crippen molar-refractivity contribution < 1.29 is 28.5 Å². The molecule has 3 aliphatic rings. The highest BCUT2D eigenvalue weighted by molar-refractivity contribution is 5.73. The third-order valence-corrected chi connectivity index (χ3v) is 7.18. The lowest BCUT2D eigenvalue weighted by Gasteiger charge is -2.47. The second kappa shape index (κ2) is 9.43. The van der Waals surface area contributed by atoms with Crippen LogP contribution in [-0.4, -0.2) is 42.6 Å². The molecule has 2 aliphatic heterocycles. The molecule has 0 saturated heterocycles. The van der Waals surface area contributed by atoms with Gasteiger partial charge >= 0.3 is 6.09 Å². The summed E-state index contributed by atoms with van der Waals surface area (Å²) in [6, 6.07) is 3.94. The molecule has 2 unspecified atom stereocenters. The standard InChI is InChI=1S/C28H42N2O6/c1-18(31)29-16-27(17-30-24(32)36-26(5,6)7)20-11-12-21-23(19(20)15-22(34-27)25(2,3)4)35-28(33-21)13-9-8-10-14-28/h11-12,22H,8-10,13-17H2,1-7H3,(H,29,31)(H,30,32). The number of alkyl carbamates (subject to hydrolysis) is 1. The van der Waals surface area contributed by atoms with Gasteiger partial charge in [0.1, 0.15) is 11.2 Å². The van der Waals surface area contributed by atoms with Crippen LogP contribution >= 0.6 is 0 Å². The molecule has 8 heteroatoms. The minimum atomic E-state index is -1.01. The summed E-state index contributed by atoms with van der Waals surface area (Å²) in [5.41, 5.74) is 0.0829. The number of amides is 2. The Morgan fingerprint density at radius 1 is 1.00 bits per heavy atom. The van der Waals surface area contributed by atoms with E-state index in [-0.39, 0.29) is 30.5 Å². The molecule has 1 spiro atoms. The fourth-order valence-corrected chi connectivity index (χ4v) is 5.31. The highest BCUT2D eigenvalue weighted by atomic mass is 16.7. The van der Waals surface area contributed by atoms with E-state index >= 15 is 0 Å². The Bertz CT molecular complexity index is 1000. The van der Waals surface area contributed by atoms with Gasteiger partial charge in [-0.05, 0) is 50.7 Å². The Kier molecular flexibility index (Phi) is 6.97. The van der Waals surface area contributed by atoms with Crippen molar-refractivity contribution in [2.75, 3.05) is 13.1 Å². The van der Waals surface area contributed by atoms with Crippen LogP contribution in [0, 0.1) is 5.41 Å². The average molecular weight is 503 g/mol. The van der Waals surface area contributed by atoms with E-state index < -0.39 is 23.1 Å². The summed E-state index contributed by atoms with van der Waals surface area (Å²) in [6.45, 7) is 13.7. The Morgan fingerprint density at radius 2 is 1.67 bits per heavy atom. The lowest BCUT2D eigenvalue weighted by atomic mass is 9.77. The monoisotopic (exact) mass is 502 g/mol. The molecular formula is C28H42N2O6. The zero-order chi connectivity index (χ0) is 26.4. The molecule has 0 radical (unpaired) electrons. The van der Waals surface area contributed by atoms with Gasteiger partial charge in [-0.3, -0.25) is 4.79 Å². The lowest BCUT2D eigenvalue weighted by Crippen LogP contribution is -2.56. The van der Waals surface area contributed by atoms with E-state index in [9.17, 15) is 9.59 Å². The largest absolute Gasteiger partial charge is 0.448 e. The van der Waals surface area contributed by atoms with Crippen LogP contribution in [0.3, 0.4) is 0 Å². The van der Waals surface area contributed by atoms with Crippen molar-refractivity contribution in [1.29, 1.82) is 0 Å². The Morgan fingerprint density at radius 3 is 2.28 bits per heavy atom. The van der Waals surface area contributed by atoms with Crippen LogP contribution in [0.5, 0.6) is 11.5 Å². The quantitative estimate of drug-likeness (QED) is 0.604. The van der Waals surface area contributed by atoms with Crippen molar-refractivity contribution >= 4 is 12.0 Å². The van der Waals surface area contributed by atoms with Gasteiger partial charge in [0.15, 0.2) is 11.5 Å². The predicted molar refractivity (Wildman–Crippen MR) is 136 cm³/mol. The number of fused-ring (bicyclic) bond motifs is 3. The minimum absolute atomic E-state index is 0.132. The van der Waals surface area contributed by atoms with Gasteiger partial charge in [-0.25, -0.2) is 4.79 Å². The molecule has 0 bridgehead atoms. The maximum absolute atomic E-state index is 12.6. The molecule has 2 atom stereocenters. The zero-order valence-corrected chi connectivity index (χ0v) is 22.8. The van der Waals surface area contributed by atoms with Crippen LogP contribution in [0.15, 0.2) is 12.1 Å². The summed E-state index contributed by atoms with van der Waals surface area (Å²) < 4.78 is 25.4. The van der Waals surface area contributed by atoms with E-state index in [1.54, 1.807) is 0 Å². The fraction of sp³-hybridized carbons (Fsp3) is 0.714. The van der Waals surface area contributed by atoms with Crippen molar-refractivity contribution in [3.8, 4) is 11.5 Å². The molecule has 0 aromatic heterocycles. The van der Waals surface area contributed by atoms with Gasteiger partial charge < -0.3 is 29.6 Å². The van der Waals surface area contributed by atoms with Crippen molar-refractivity contribution in [1.82, 2.24) is 10.6 Å². The van der Waals surface area contributed by atoms with Gasteiger partial charge in [0.2, 0.25) is 5.91 Å². The van der Waals surface area contributed by atoms with Gasteiger partial charge in [-0.2, -0.15) is 0 Å². The van der Waals surface area contributed by atoms with E-state index in [1.165, 1.54) is 13.3 Å². The van der Waals surface area contributed by atoms with Crippen molar-refractivity contribution in [3.05, 3.63) is 23.3 Å². The fourth-order valence-electron chi connectivity index (χ4n) is 5.31. The summed E-state index contributed by atoms with van der Waals surface area (Å²) in [5, 5.41) is 5.84. The molecule has 2 N–H and O–H groups in total. The predicted octanol–water partition coefficient (Wildman–Crippen LogP) is 4.96. The Balaban J connectivity index is 1.75. The first-order valence-electron chi connectivity index (χ1n) is 13.2. The number of nitrogens with one attached hydrogen (secondary N) is 2. The summed E-state index contributed by atoms with van der Waals surface area (Å²) >= 11 is 0. The third kappa shape index (κ3) is 5.58. The van der Waals surface area contributed by atoms with Crippen molar-refractivity contribution in [2.45, 2.75) is 110 Å². The summed E-state index contributed by atoms with van der Waals surface area (Å²) in [5.74, 6) is 0.770. The van der Waals surface area contributed by atoms with Gasteiger partial charge in [0.05, 0.1) is 19.2 Å². The molecule has 1 aromatic rings. The van der Waals surface area contributed by atoms with E-state index in [0.717, 1.165) is 48.3 Å². The summed E-state index contributed by atoms with van der Waals surface area (Å²) in [7, 11) is 0. The van der Waals surface area contributed by atoms with Gasteiger partial charge in [-0.15, -0.1) is 0 Å². The number of rotatable bonds is 4. The number of ether oxygens (including phenoxy) is 4. The van der Waals surface area contributed by atoms with Gasteiger partial charge in [0.25, 0.3) is 5.79 Å². The first-order chi connectivity index (χ1) is 16.7. The van der Waals surface area contributed by atoms with Gasteiger partial charge in [-0.1, -0.05) is 33.3 Å². The number of carbonyl (C=O) groups is 2. The van der Waals surface area contributed by atoms with E-state index in [4.69, 9.17) is 18.9 Å². The lowest BCUT2D eigenvalue weighted by molar-refractivity contribution is -0.148. The topological polar surface area (TPSA) is 95.1 Å². The molecule has 36 heavy (non-hydrogen) atoms. The highest BCUT2D eigenvalue weighted by Crippen LogP contribution is 2.52. The van der Waals surface area contributed by atoms with Crippen molar-refractivity contribution in [3.63, 3.8) is 0 Å². The highest BCUT2D eigenvalue weighted by Gasteiger charge is 2.50. The third-order valence-electron chi connectivity index (χ3n) is 7.18. The number of hydrogen-bond donors (Lipinski definition) is 2. The van der Waals surface area contributed by atoms with Crippen LogP contribution in [0.25, 0.3) is 0 Å². The van der Waals surface area contributed by atoms with Crippen LogP contribution in [0.2, 0.25) is 0 Å². The SMILES string of the molecule is CC(=O)NCC1(CNC(=O)OC(C)(C)C)OC(C(C)(C)C)Cc2c1ccc1c2OC2(CCCCC2)O1. The van der Waals surface area contributed by atoms with Crippen LogP contribution in [0.1, 0.15) is 91.7 Å². The maximum atomic E-state index is 12.6. The first-order valence-corrected chi connectivity index (χ1v) is 13.2. The summed E-state index contributed by atoms with van der Waals surface area (Å²) in [6.07, 6.45) is 5.02.